The van der Waals surface area contributed by atoms with Crippen LogP contribution in [0.3, 0.4) is 0 Å². The van der Waals surface area contributed by atoms with Gasteiger partial charge in [-0.3, -0.25) is 4.99 Å². The molecule has 0 radical (unpaired) electrons. The summed E-state index contributed by atoms with van der Waals surface area (Å²) in [6.45, 7) is 12.9. The van der Waals surface area contributed by atoms with Crippen LogP contribution in [0.15, 0.2) is 65.4 Å². The Bertz CT molecular complexity index is 445. The Balaban J connectivity index is 3.20. The standard InChI is InChI=1S/C14H18N2O2/c1-5-7-8-12-10(3)17-11(6-2)14(16-4)13(9-15)18-12/h5-8,13H,1-2,4,9,15H2,3H3/b8-7-. The van der Waals surface area contributed by atoms with E-state index in [0.29, 0.717) is 23.0 Å². The molecule has 1 atom stereocenters. The van der Waals surface area contributed by atoms with E-state index in [1.165, 1.54) is 0 Å². The van der Waals surface area contributed by atoms with Gasteiger partial charge < -0.3 is 15.2 Å². The highest BCUT2D eigenvalue weighted by Gasteiger charge is 2.23. The van der Waals surface area contributed by atoms with Crippen molar-refractivity contribution in [3.63, 3.8) is 0 Å². The number of hydrogen-bond donors (Lipinski definition) is 1. The van der Waals surface area contributed by atoms with E-state index in [0.717, 1.165) is 0 Å². The van der Waals surface area contributed by atoms with Crippen LogP contribution in [0, 0.1) is 0 Å². The summed E-state index contributed by atoms with van der Waals surface area (Å²) >= 11 is 0. The summed E-state index contributed by atoms with van der Waals surface area (Å²) in [6, 6.07) is 0. The lowest BCUT2D eigenvalue weighted by molar-refractivity contribution is 0.157. The van der Waals surface area contributed by atoms with Gasteiger partial charge in [-0.1, -0.05) is 25.3 Å². The highest BCUT2D eigenvalue weighted by atomic mass is 16.5. The number of aliphatic imine (C=N–C) groups is 1. The van der Waals surface area contributed by atoms with Gasteiger partial charge in [0, 0.05) is 6.54 Å². The van der Waals surface area contributed by atoms with Crippen LogP contribution >= 0.6 is 0 Å². The van der Waals surface area contributed by atoms with Gasteiger partial charge in [-0.2, -0.15) is 0 Å². The topological polar surface area (TPSA) is 56.8 Å². The smallest absolute Gasteiger partial charge is 0.158 e. The molecule has 96 valence electrons. The van der Waals surface area contributed by atoms with Gasteiger partial charge in [0.05, 0.1) is 0 Å². The average Bonchev–Trinajstić information content (AvgIpc) is 2.52. The quantitative estimate of drug-likeness (QED) is 0.598. The Morgan fingerprint density at radius 3 is 2.61 bits per heavy atom. The predicted molar refractivity (Wildman–Crippen MR) is 73.8 cm³/mol. The van der Waals surface area contributed by atoms with Crippen LogP contribution < -0.4 is 5.73 Å². The maximum absolute atomic E-state index is 5.77. The maximum atomic E-state index is 5.77. The lowest BCUT2D eigenvalue weighted by Crippen LogP contribution is -2.25. The van der Waals surface area contributed by atoms with Crippen molar-refractivity contribution >= 4 is 6.72 Å². The molecule has 1 heterocycles. The summed E-state index contributed by atoms with van der Waals surface area (Å²) in [6.07, 6.45) is 6.34. The number of hydrogen-bond acceptors (Lipinski definition) is 4. The van der Waals surface area contributed by atoms with Crippen molar-refractivity contribution in [2.24, 2.45) is 10.7 Å². The van der Waals surface area contributed by atoms with E-state index in [2.05, 4.69) is 24.9 Å². The van der Waals surface area contributed by atoms with Crippen molar-refractivity contribution in [3.8, 4) is 0 Å². The van der Waals surface area contributed by atoms with Gasteiger partial charge in [0.25, 0.3) is 0 Å². The van der Waals surface area contributed by atoms with Crippen molar-refractivity contribution in [2.75, 3.05) is 6.54 Å². The summed E-state index contributed by atoms with van der Waals surface area (Å²) in [5.74, 6) is 1.71. The number of nitrogens with zero attached hydrogens (tertiary/aromatic N) is 1. The minimum atomic E-state index is -0.405. The first kappa shape index (κ1) is 14.0. The van der Waals surface area contributed by atoms with E-state index in [1.54, 1.807) is 31.2 Å². The molecular weight excluding hydrogens is 228 g/mol. The molecule has 0 aromatic rings. The maximum Gasteiger partial charge on any atom is 0.158 e. The Morgan fingerprint density at radius 2 is 2.11 bits per heavy atom. The molecule has 0 saturated carbocycles. The number of allylic oxidation sites excluding steroid dienone is 5. The van der Waals surface area contributed by atoms with Crippen LogP contribution in [0.5, 0.6) is 0 Å². The Morgan fingerprint density at radius 1 is 1.39 bits per heavy atom. The molecule has 1 rings (SSSR count). The van der Waals surface area contributed by atoms with E-state index in [4.69, 9.17) is 15.2 Å². The molecule has 0 aliphatic carbocycles. The van der Waals surface area contributed by atoms with Gasteiger partial charge in [-0.15, -0.1) is 0 Å². The van der Waals surface area contributed by atoms with Gasteiger partial charge in [0.1, 0.15) is 11.5 Å². The third-order valence-electron chi connectivity index (χ3n) is 2.39. The van der Waals surface area contributed by atoms with Crippen LogP contribution in [-0.2, 0) is 9.47 Å². The lowest BCUT2D eigenvalue weighted by atomic mass is 10.2. The van der Waals surface area contributed by atoms with Gasteiger partial charge in [-0.25, -0.2) is 0 Å². The van der Waals surface area contributed by atoms with Crippen LogP contribution in [0.25, 0.3) is 0 Å². The molecule has 1 aliphatic heterocycles. The summed E-state index contributed by atoms with van der Waals surface area (Å²) in [4.78, 5) is 3.92. The zero-order valence-electron chi connectivity index (χ0n) is 10.6. The Labute approximate surface area is 107 Å². The van der Waals surface area contributed by atoms with Crippen molar-refractivity contribution < 1.29 is 9.47 Å². The van der Waals surface area contributed by atoms with Gasteiger partial charge in [0.2, 0.25) is 0 Å². The second kappa shape index (κ2) is 6.61. The predicted octanol–water partition coefficient (Wildman–Crippen LogP) is 2.43. The van der Waals surface area contributed by atoms with E-state index in [1.807, 2.05) is 0 Å². The normalized spacial score (nSPS) is 20.2. The zero-order valence-corrected chi connectivity index (χ0v) is 10.6. The molecule has 0 aromatic carbocycles. The van der Waals surface area contributed by atoms with Crippen molar-refractivity contribution in [2.45, 2.75) is 13.0 Å². The number of nitrogens with two attached hydrogens (primary N) is 1. The fourth-order valence-corrected chi connectivity index (χ4v) is 1.52. The first-order valence-electron chi connectivity index (χ1n) is 5.55. The summed E-state index contributed by atoms with van der Waals surface area (Å²) < 4.78 is 11.4. The average molecular weight is 246 g/mol. The third-order valence-corrected chi connectivity index (χ3v) is 2.39. The molecule has 4 heteroatoms. The van der Waals surface area contributed by atoms with Crippen molar-refractivity contribution in [1.29, 1.82) is 0 Å². The van der Waals surface area contributed by atoms with Crippen LogP contribution in [0.2, 0.25) is 0 Å². The molecule has 2 N–H and O–H groups in total. The molecule has 0 fully saturated rings. The minimum Gasteiger partial charge on any atom is -0.479 e. The van der Waals surface area contributed by atoms with Gasteiger partial charge in [0.15, 0.2) is 17.6 Å². The molecule has 0 aromatic heterocycles. The summed E-state index contributed by atoms with van der Waals surface area (Å²) in [5, 5.41) is 0. The van der Waals surface area contributed by atoms with Crippen LogP contribution in [0.1, 0.15) is 6.92 Å². The van der Waals surface area contributed by atoms with Crippen molar-refractivity contribution in [1.82, 2.24) is 0 Å². The first-order valence-corrected chi connectivity index (χ1v) is 5.55. The lowest BCUT2D eigenvalue weighted by Gasteiger charge is -2.16. The highest BCUT2D eigenvalue weighted by molar-refractivity contribution is 5.36. The molecule has 1 aliphatic rings. The first-order chi connectivity index (χ1) is 8.67. The van der Waals surface area contributed by atoms with Crippen LogP contribution in [-0.4, -0.2) is 19.4 Å². The van der Waals surface area contributed by atoms with Crippen LogP contribution in [0.4, 0.5) is 0 Å². The second-order valence-electron chi connectivity index (χ2n) is 3.57. The Kier molecular flexibility index (Phi) is 5.14. The largest absolute Gasteiger partial charge is 0.479 e. The minimum absolute atomic E-state index is 0.272. The van der Waals surface area contributed by atoms with E-state index in [-0.39, 0.29) is 6.54 Å². The second-order valence-corrected chi connectivity index (χ2v) is 3.57. The van der Waals surface area contributed by atoms with Gasteiger partial charge in [-0.05, 0) is 25.8 Å². The molecule has 0 bridgehead atoms. The Hall–Kier alpha value is -2.07. The SMILES string of the molecule is C=C/C=C\C1=C(C)OC(C=C)=C(N=C)C(CN)O1. The van der Waals surface area contributed by atoms with E-state index < -0.39 is 6.10 Å². The van der Waals surface area contributed by atoms with E-state index in [9.17, 15) is 0 Å². The zero-order chi connectivity index (χ0) is 13.5. The molecule has 1 unspecified atom stereocenters. The van der Waals surface area contributed by atoms with E-state index >= 15 is 0 Å². The highest BCUT2D eigenvalue weighted by Crippen LogP contribution is 2.26. The monoisotopic (exact) mass is 246 g/mol. The molecule has 0 amide bonds. The summed E-state index contributed by atoms with van der Waals surface area (Å²) in [7, 11) is 0. The number of ether oxygens (including phenoxy) is 2. The molecular formula is C14H18N2O2. The molecule has 0 spiro atoms. The fourth-order valence-electron chi connectivity index (χ4n) is 1.52. The van der Waals surface area contributed by atoms with Gasteiger partial charge >= 0.3 is 0 Å². The molecule has 4 nitrogen and oxygen atoms in total. The molecule has 18 heavy (non-hydrogen) atoms. The van der Waals surface area contributed by atoms with Crippen molar-refractivity contribution in [3.05, 3.63) is 60.4 Å². The fraction of sp³-hybridized carbons (Fsp3) is 0.214. The number of rotatable bonds is 5. The third kappa shape index (κ3) is 2.99. The molecule has 0 saturated heterocycles. The summed E-state index contributed by atoms with van der Waals surface area (Å²) in [5.41, 5.74) is 6.24.